The zero-order chi connectivity index (χ0) is 12.7. The maximum atomic E-state index is 5.89. The fraction of sp³-hybridized carbons (Fsp3) is 0.364. The highest BCUT2D eigenvalue weighted by atomic mass is 32.9. The minimum absolute atomic E-state index is 0.451. The molecule has 1 N–H and O–H groups in total. The normalized spacial score (nSPS) is 15.6. The standard InChI is InChI=1S/C11H16NOPS3/c1-3-10(2)17-14(16,12-9-15)13-11-7-5-4-6-8-11/h4-10H,3H2,1-2H3,(H,12,15,16). The van der Waals surface area contributed by atoms with E-state index in [0.29, 0.717) is 5.25 Å². The van der Waals surface area contributed by atoms with Crippen LogP contribution in [-0.2, 0) is 11.8 Å². The number of rotatable bonds is 7. The predicted octanol–water partition coefficient (Wildman–Crippen LogP) is 4.37. The lowest BCUT2D eigenvalue weighted by molar-refractivity contribution is 0.621. The molecule has 2 nitrogen and oxygen atoms in total. The third-order valence-electron chi connectivity index (χ3n) is 2.07. The van der Waals surface area contributed by atoms with Crippen molar-refractivity contribution in [3.8, 4) is 5.75 Å². The smallest absolute Gasteiger partial charge is 0.259 e. The second-order valence-corrected chi connectivity index (χ2v) is 10.6. The Hall–Kier alpha value is -0.0900. The van der Waals surface area contributed by atoms with Crippen LogP contribution in [0.5, 0.6) is 5.75 Å². The quantitative estimate of drug-likeness (QED) is 0.595. The van der Waals surface area contributed by atoms with Crippen LogP contribution in [0.2, 0.25) is 0 Å². The lowest BCUT2D eigenvalue weighted by Gasteiger charge is -2.24. The first kappa shape index (κ1) is 15.0. The summed E-state index contributed by atoms with van der Waals surface area (Å²) in [6, 6.07) is 9.62. The molecule has 0 spiro atoms. The lowest BCUT2D eigenvalue weighted by atomic mass is 10.3. The highest BCUT2D eigenvalue weighted by molar-refractivity contribution is 8.69. The number of hydrogen-bond donors (Lipinski definition) is 1. The molecular weight excluding hydrogens is 289 g/mol. The van der Waals surface area contributed by atoms with Crippen molar-refractivity contribution in [1.82, 2.24) is 5.09 Å². The maximum absolute atomic E-state index is 5.89. The molecular formula is C11H16NOPS3. The summed E-state index contributed by atoms with van der Waals surface area (Å²) < 4.78 is 5.89. The van der Waals surface area contributed by atoms with Crippen molar-refractivity contribution < 1.29 is 4.52 Å². The van der Waals surface area contributed by atoms with Crippen LogP contribution in [0.25, 0.3) is 0 Å². The Labute approximate surface area is 117 Å². The second-order valence-electron chi connectivity index (χ2n) is 3.47. The molecule has 0 amide bonds. The van der Waals surface area contributed by atoms with Gasteiger partial charge in [-0.15, -0.1) is 0 Å². The van der Waals surface area contributed by atoms with Crippen LogP contribution >= 0.6 is 29.2 Å². The Morgan fingerprint density at radius 3 is 2.65 bits per heavy atom. The highest BCUT2D eigenvalue weighted by Gasteiger charge is 2.21. The molecule has 1 aromatic carbocycles. The number of benzene rings is 1. The van der Waals surface area contributed by atoms with Gasteiger partial charge in [-0.05, 0) is 30.4 Å². The molecule has 1 aromatic rings. The first-order valence-electron chi connectivity index (χ1n) is 5.34. The zero-order valence-electron chi connectivity index (χ0n) is 9.83. The highest BCUT2D eigenvalue weighted by Crippen LogP contribution is 2.57. The molecule has 6 heteroatoms. The molecule has 0 aliphatic carbocycles. The SMILES string of the molecule is CCC(C)SP(=S)(NC=S)Oc1ccccc1. The molecule has 0 saturated heterocycles. The van der Waals surface area contributed by atoms with Gasteiger partial charge in [-0.2, -0.15) is 0 Å². The molecule has 1 rings (SSSR count). The van der Waals surface area contributed by atoms with E-state index in [0.717, 1.165) is 12.2 Å². The summed E-state index contributed by atoms with van der Waals surface area (Å²) in [5.74, 6) is 0.788. The Morgan fingerprint density at radius 2 is 2.12 bits per heavy atom. The van der Waals surface area contributed by atoms with Gasteiger partial charge in [0, 0.05) is 5.25 Å². The molecule has 0 aliphatic heterocycles. The van der Waals surface area contributed by atoms with Gasteiger partial charge < -0.3 is 9.61 Å². The molecule has 17 heavy (non-hydrogen) atoms. The maximum Gasteiger partial charge on any atom is 0.259 e. The third kappa shape index (κ3) is 5.38. The molecule has 0 fully saturated rings. The molecule has 2 atom stereocenters. The molecule has 0 aliphatic rings. The Balaban J connectivity index is 2.78. The van der Waals surface area contributed by atoms with Crippen LogP contribution in [0.3, 0.4) is 0 Å². The number of hydrogen-bond acceptors (Lipinski definition) is 4. The lowest BCUT2D eigenvalue weighted by Crippen LogP contribution is -2.10. The third-order valence-corrected chi connectivity index (χ3v) is 8.00. The first-order valence-corrected chi connectivity index (χ1v) is 10.0. The number of nitrogens with one attached hydrogen (secondary N) is 1. The number of para-hydroxylation sites is 1. The minimum Gasteiger partial charge on any atom is -0.441 e. The van der Waals surface area contributed by atoms with E-state index in [-0.39, 0.29) is 0 Å². The van der Waals surface area contributed by atoms with Crippen LogP contribution in [0.15, 0.2) is 30.3 Å². The van der Waals surface area contributed by atoms with Crippen LogP contribution < -0.4 is 9.61 Å². The molecule has 0 heterocycles. The van der Waals surface area contributed by atoms with Crippen molar-refractivity contribution in [2.45, 2.75) is 25.5 Å². The summed E-state index contributed by atoms with van der Waals surface area (Å²) >= 11 is 12.1. The van der Waals surface area contributed by atoms with Gasteiger partial charge in [0.15, 0.2) is 0 Å². The molecule has 0 radical (unpaired) electrons. The van der Waals surface area contributed by atoms with Crippen molar-refractivity contribution in [2.24, 2.45) is 0 Å². The minimum atomic E-state index is -2.17. The van der Waals surface area contributed by atoms with E-state index in [2.05, 4.69) is 18.9 Å². The summed E-state index contributed by atoms with van der Waals surface area (Å²) in [7, 11) is 0. The van der Waals surface area contributed by atoms with Gasteiger partial charge in [-0.25, -0.2) is 0 Å². The summed E-state index contributed by atoms with van der Waals surface area (Å²) in [5.41, 5.74) is -0.716. The Kier molecular flexibility index (Phi) is 6.49. The van der Waals surface area contributed by atoms with E-state index in [1.165, 1.54) is 5.49 Å². The van der Waals surface area contributed by atoms with E-state index < -0.39 is 5.62 Å². The monoisotopic (exact) mass is 305 g/mol. The van der Waals surface area contributed by atoms with E-state index in [1.54, 1.807) is 11.4 Å². The summed E-state index contributed by atoms with van der Waals surface area (Å²) in [6.07, 6.45) is 1.06. The molecule has 0 bridgehead atoms. The molecule has 2 unspecified atom stereocenters. The van der Waals surface area contributed by atoms with Gasteiger partial charge >= 0.3 is 0 Å². The first-order chi connectivity index (χ1) is 8.09. The van der Waals surface area contributed by atoms with Gasteiger partial charge in [0.05, 0.1) is 5.49 Å². The topological polar surface area (TPSA) is 21.3 Å². The van der Waals surface area contributed by atoms with E-state index in [9.17, 15) is 0 Å². The van der Waals surface area contributed by atoms with Crippen molar-refractivity contribution in [1.29, 1.82) is 0 Å². The fourth-order valence-corrected chi connectivity index (χ4v) is 7.56. The Morgan fingerprint density at radius 1 is 1.47 bits per heavy atom. The average molecular weight is 305 g/mol. The van der Waals surface area contributed by atoms with Crippen LogP contribution in [0.1, 0.15) is 20.3 Å². The largest absolute Gasteiger partial charge is 0.441 e. The van der Waals surface area contributed by atoms with Crippen molar-refractivity contribution in [3.05, 3.63) is 30.3 Å². The van der Waals surface area contributed by atoms with Gasteiger partial charge in [-0.1, -0.05) is 55.6 Å². The van der Waals surface area contributed by atoms with E-state index >= 15 is 0 Å². The van der Waals surface area contributed by atoms with Crippen molar-refractivity contribution in [3.63, 3.8) is 0 Å². The van der Waals surface area contributed by atoms with Crippen molar-refractivity contribution >= 4 is 46.5 Å². The molecule has 0 saturated carbocycles. The molecule has 0 aromatic heterocycles. The predicted molar refractivity (Wildman–Crippen MR) is 85.5 cm³/mol. The van der Waals surface area contributed by atoms with Crippen LogP contribution in [0, 0.1) is 0 Å². The summed E-state index contributed by atoms with van der Waals surface area (Å²) in [4.78, 5) is 0. The average Bonchev–Trinajstić information content (AvgIpc) is 2.30. The summed E-state index contributed by atoms with van der Waals surface area (Å²) in [6.45, 7) is 4.28. The van der Waals surface area contributed by atoms with E-state index in [1.807, 2.05) is 30.3 Å². The fourth-order valence-electron chi connectivity index (χ4n) is 1.07. The second kappa shape index (κ2) is 7.37. The summed E-state index contributed by atoms with van der Waals surface area (Å²) in [5, 5.41) is 3.48. The van der Waals surface area contributed by atoms with Gasteiger partial charge in [0.2, 0.25) is 0 Å². The van der Waals surface area contributed by atoms with E-state index in [4.69, 9.17) is 28.5 Å². The Bertz CT molecular complexity index is 399. The van der Waals surface area contributed by atoms with Gasteiger partial charge in [0.25, 0.3) is 5.62 Å². The van der Waals surface area contributed by atoms with Gasteiger partial charge in [0.1, 0.15) is 5.75 Å². The van der Waals surface area contributed by atoms with Crippen LogP contribution in [0.4, 0.5) is 0 Å². The number of thiocarbonyl (C=S) groups is 1. The van der Waals surface area contributed by atoms with Gasteiger partial charge in [-0.3, -0.25) is 0 Å². The van der Waals surface area contributed by atoms with Crippen molar-refractivity contribution in [2.75, 3.05) is 0 Å². The van der Waals surface area contributed by atoms with Crippen LogP contribution in [-0.4, -0.2) is 10.7 Å². The zero-order valence-corrected chi connectivity index (χ0v) is 13.2. The molecule has 94 valence electrons.